The lowest BCUT2D eigenvalue weighted by Gasteiger charge is -2.39. The summed E-state index contributed by atoms with van der Waals surface area (Å²) >= 11 is 0. The minimum atomic E-state index is -0.328. The SMILES string of the molecule is Cn1c2c(c3ccccc31)CC1C(CCN[C@H]1O)C2. The highest BCUT2D eigenvalue weighted by atomic mass is 16.3. The monoisotopic (exact) mass is 256 g/mol. The average Bonchev–Trinajstić information content (AvgIpc) is 2.72. The van der Waals surface area contributed by atoms with Gasteiger partial charge in [-0.1, -0.05) is 18.2 Å². The number of aromatic nitrogens is 1. The molecular formula is C16H20N2O. The van der Waals surface area contributed by atoms with Gasteiger partial charge in [0.05, 0.1) is 0 Å². The summed E-state index contributed by atoms with van der Waals surface area (Å²) in [6.45, 7) is 0.946. The molecule has 4 rings (SSSR count). The first-order valence-electron chi connectivity index (χ1n) is 7.22. The van der Waals surface area contributed by atoms with Gasteiger partial charge in [0.1, 0.15) is 6.23 Å². The predicted octanol–water partition coefficient (Wildman–Crippen LogP) is 1.82. The van der Waals surface area contributed by atoms with Gasteiger partial charge >= 0.3 is 0 Å². The molecule has 2 heterocycles. The number of nitrogens with zero attached hydrogens (tertiary/aromatic N) is 1. The molecule has 3 atom stereocenters. The standard InChI is InChI=1S/C16H20N2O/c1-18-14-5-3-2-4-11(14)13-9-12-10(8-15(13)18)6-7-17-16(12)19/h2-5,10,12,16-17,19H,6-9H2,1H3/t10?,12?,16-/m0/s1. The van der Waals surface area contributed by atoms with Crippen molar-refractivity contribution in [1.82, 2.24) is 9.88 Å². The third-order valence-electron chi connectivity index (χ3n) is 5.12. The van der Waals surface area contributed by atoms with Crippen molar-refractivity contribution >= 4 is 10.9 Å². The molecule has 2 unspecified atom stereocenters. The number of aliphatic hydroxyl groups excluding tert-OH is 1. The van der Waals surface area contributed by atoms with E-state index >= 15 is 0 Å². The fourth-order valence-electron chi connectivity index (χ4n) is 4.07. The minimum Gasteiger partial charge on any atom is -0.378 e. The number of rotatable bonds is 0. The minimum absolute atomic E-state index is 0.328. The molecule has 3 heteroatoms. The van der Waals surface area contributed by atoms with Crippen LogP contribution in [-0.4, -0.2) is 22.4 Å². The molecule has 0 amide bonds. The molecule has 19 heavy (non-hydrogen) atoms. The lowest BCUT2D eigenvalue weighted by atomic mass is 9.73. The van der Waals surface area contributed by atoms with E-state index in [0.717, 1.165) is 19.4 Å². The zero-order valence-electron chi connectivity index (χ0n) is 11.3. The number of nitrogens with one attached hydrogen (secondary N) is 1. The first-order chi connectivity index (χ1) is 9.25. The van der Waals surface area contributed by atoms with Crippen molar-refractivity contribution in [3.05, 3.63) is 35.5 Å². The van der Waals surface area contributed by atoms with Crippen LogP contribution in [-0.2, 0) is 19.9 Å². The number of hydrogen-bond donors (Lipinski definition) is 2. The number of benzene rings is 1. The van der Waals surface area contributed by atoms with Crippen LogP contribution in [0.1, 0.15) is 17.7 Å². The Kier molecular flexibility index (Phi) is 2.47. The van der Waals surface area contributed by atoms with E-state index in [1.807, 2.05) is 0 Å². The summed E-state index contributed by atoms with van der Waals surface area (Å²) in [5, 5.41) is 14.8. The molecule has 0 saturated carbocycles. The smallest absolute Gasteiger partial charge is 0.108 e. The first-order valence-corrected chi connectivity index (χ1v) is 7.22. The van der Waals surface area contributed by atoms with Gasteiger partial charge < -0.3 is 9.67 Å². The van der Waals surface area contributed by atoms with Gasteiger partial charge in [-0.25, -0.2) is 0 Å². The van der Waals surface area contributed by atoms with Gasteiger partial charge in [-0.2, -0.15) is 0 Å². The van der Waals surface area contributed by atoms with E-state index in [9.17, 15) is 5.11 Å². The molecule has 100 valence electrons. The fourth-order valence-corrected chi connectivity index (χ4v) is 4.07. The lowest BCUT2D eigenvalue weighted by molar-refractivity contribution is 0.0107. The largest absolute Gasteiger partial charge is 0.378 e. The maximum atomic E-state index is 10.2. The second-order valence-electron chi connectivity index (χ2n) is 6.02. The zero-order chi connectivity index (χ0) is 13.0. The maximum Gasteiger partial charge on any atom is 0.108 e. The third kappa shape index (κ3) is 1.58. The van der Waals surface area contributed by atoms with Crippen LogP contribution in [0.15, 0.2) is 24.3 Å². The highest BCUT2D eigenvalue weighted by Gasteiger charge is 2.37. The van der Waals surface area contributed by atoms with Crippen molar-refractivity contribution in [3.63, 3.8) is 0 Å². The Morgan fingerprint density at radius 1 is 1.26 bits per heavy atom. The van der Waals surface area contributed by atoms with Crippen LogP contribution in [0.2, 0.25) is 0 Å². The number of fused-ring (bicyclic) bond motifs is 4. The highest BCUT2D eigenvalue weighted by molar-refractivity contribution is 5.85. The van der Waals surface area contributed by atoms with E-state index in [2.05, 4.69) is 41.2 Å². The Balaban J connectivity index is 1.87. The van der Waals surface area contributed by atoms with Crippen LogP contribution in [0.5, 0.6) is 0 Å². The molecular weight excluding hydrogens is 236 g/mol. The number of para-hydroxylation sites is 1. The van der Waals surface area contributed by atoms with Crippen LogP contribution in [0.3, 0.4) is 0 Å². The molecule has 1 aliphatic carbocycles. The Morgan fingerprint density at radius 2 is 2.11 bits per heavy atom. The second kappa shape index (κ2) is 4.09. The van der Waals surface area contributed by atoms with Crippen LogP contribution < -0.4 is 5.32 Å². The van der Waals surface area contributed by atoms with Crippen molar-refractivity contribution in [1.29, 1.82) is 0 Å². The van der Waals surface area contributed by atoms with Crippen LogP contribution >= 0.6 is 0 Å². The summed E-state index contributed by atoms with van der Waals surface area (Å²) in [7, 11) is 2.18. The first kappa shape index (κ1) is 11.5. The molecule has 1 aromatic carbocycles. The van der Waals surface area contributed by atoms with Gasteiger partial charge in [-0.15, -0.1) is 0 Å². The van der Waals surface area contributed by atoms with E-state index in [4.69, 9.17) is 0 Å². The third-order valence-corrected chi connectivity index (χ3v) is 5.12. The van der Waals surface area contributed by atoms with Crippen molar-refractivity contribution in [2.75, 3.05) is 6.54 Å². The van der Waals surface area contributed by atoms with Crippen molar-refractivity contribution in [3.8, 4) is 0 Å². The molecule has 1 aromatic heterocycles. The lowest BCUT2D eigenvalue weighted by Crippen LogP contribution is -2.49. The van der Waals surface area contributed by atoms with Crippen LogP contribution in [0.4, 0.5) is 0 Å². The van der Waals surface area contributed by atoms with E-state index in [1.165, 1.54) is 28.6 Å². The average molecular weight is 256 g/mol. The number of hydrogen-bond acceptors (Lipinski definition) is 2. The topological polar surface area (TPSA) is 37.2 Å². The maximum absolute atomic E-state index is 10.2. The normalized spacial score (nSPS) is 30.1. The van der Waals surface area contributed by atoms with Crippen LogP contribution in [0, 0.1) is 11.8 Å². The van der Waals surface area contributed by atoms with E-state index in [-0.39, 0.29) is 6.23 Å². The summed E-state index contributed by atoms with van der Waals surface area (Å²) in [5.74, 6) is 1.01. The molecule has 1 aliphatic heterocycles. The van der Waals surface area contributed by atoms with Crippen LogP contribution in [0.25, 0.3) is 10.9 Å². The van der Waals surface area contributed by atoms with Gasteiger partial charge in [0.25, 0.3) is 0 Å². The molecule has 2 N–H and O–H groups in total. The van der Waals surface area contributed by atoms with Crippen molar-refractivity contribution in [2.45, 2.75) is 25.5 Å². The molecule has 0 radical (unpaired) electrons. The summed E-state index contributed by atoms with van der Waals surface area (Å²) in [5.41, 5.74) is 4.27. The van der Waals surface area contributed by atoms with E-state index in [0.29, 0.717) is 11.8 Å². The van der Waals surface area contributed by atoms with Gasteiger partial charge in [0.2, 0.25) is 0 Å². The van der Waals surface area contributed by atoms with Gasteiger partial charge in [-0.05, 0) is 43.4 Å². The summed E-state index contributed by atoms with van der Waals surface area (Å²) in [6, 6.07) is 8.64. The van der Waals surface area contributed by atoms with E-state index in [1.54, 1.807) is 0 Å². The summed E-state index contributed by atoms with van der Waals surface area (Å²) < 4.78 is 2.36. The summed E-state index contributed by atoms with van der Waals surface area (Å²) in [6.07, 6.45) is 2.98. The van der Waals surface area contributed by atoms with Crippen molar-refractivity contribution in [2.24, 2.45) is 18.9 Å². The van der Waals surface area contributed by atoms with E-state index < -0.39 is 0 Å². The number of aliphatic hydroxyl groups is 1. The highest BCUT2D eigenvalue weighted by Crippen LogP contribution is 2.39. The Morgan fingerprint density at radius 3 is 3.00 bits per heavy atom. The van der Waals surface area contributed by atoms with Gasteiger partial charge in [0.15, 0.2) is 0 Å². The summed E-state index contributed by atoms with van der Waals surface area (Å²) in [4.78, 5) is 0. The molecule has 0 bridgehead atoms. The van der Waals surface area contributed by atoms with Crippen molar-refractivity contribution < 1.29 is 5.11 Å². The molecule has 1 saturated heterocycles. The molecule has 2 aromatic rings. The number of aryl methyl sites for hydroxylation is 1. The predicted molar refractivity (Wildman–Crippen MR) is 75.9 cm³/mol. The Labute approximate surface area is 113 Å². The second-order valence-corrected chi connectivity index (χ2v) is 6.02. The fraction of sp³-hybridized carbons (Fsp3) is 0.500. The zero-order valence-corrected chi connectivity index (χ0v) is 11.3. The Bertz CT molecular complexity index is 631. The Hall–Kier alpha value is -1.32. The molecule has 1 fully saturated rings. The van der Waals surface area contributed by atoms with Gasteiger partial charge in [-0.3, -0.25) is 5.32 Å². The quantitative estimate of drug-likeness (QED) is 0.754. The molecule has 0 spiro atoms. The molecule has 2 aliphatic rings. The molecule has 3 nitrogen and oxygen atoms in total. The number of piperidine rings is 1. The van der Waals surface area contributed by atoms with Gasteiger partial charge in [0, 0.05) is 29.6 Å².